The second-order valence-corrected chi connectivity index (χ2v) is 8.69. The summed E-state index contributed by atoms with van der Waals surface area (Å²) in [5.41, 5.74) is 3.86. The van der Waals surface area contributed by atoms with E-state index in [4.69, 9.17) is 9.72 Å². The number of hydrogen-bond acceptors (Lipinski definition) is 5. The molecule has 1 amide bonds. The second kappa shape index (κ2) is 8.13. The Hall–Kier alpha value is -3.22. The molecule has 0 aliphatic carbocycles. The molecule has 2 aromatic heterocycles. The zero-order chi connectivity index (χ0) is 22.3. The van der Waals surface area contributed by atoms with Crippen LogP contribution in [0.3, 0.4) is 0 Å². The van der Waals surface area contributed by atoms with E-state index in [2.05, 4.69) is 5.10 Å². The van der Waals surface area contributed by atoms with Crippen LogP contribution in [0.25, 0.3) is 11.0 Å². The first kappa shape index (κ1) is 21.0. The number of rotatable bonds is 5. The molecule has 1 atom stereocenters. The van der Waals surface area contributed by atoms with Gasteiger partial charge >= 0.3 is 5.97 Å². The highest BCUT2D eigenvalue weighted by Gasteiger charge is 2.31. The Morgan fingerprint density at radius 2 is 1.94 bits per heavy atom. The number of ether oxygens (including phenoxy) is 1. The standard InChI is InChI=1S/C24H28N4O3/c1-14(2)20-11-18(19-12-25-28(15(3)4)23(19)26-20)24(30)31-13-22(29)27-16(5)10-17-8-6-7-9-21(17)27/h6-9,11-12,14-16H,10,13H2,1-5H3/t16-/m1/s1. The normalized spacial score (nSPS) is 15.7. The van der Waals surface area contributed by atoms with Gasteiger partial charge in [-0.15, -0.1) is 0 Å². The number of fused-ring (bicyclic) bond motifs is 2. The number of nitrogens with zero attached hydrogens (tertiary/aromatic N) is 4. The fraction of sp³-hybridized carbons (Fsp3) is 0.417. The lowest BCUT2D eigenvalue weighted by Crippen LogP contribution is -2.38. The molecule has 3 heterocycles. The Balaban J connectivity index is 1.58. The predicted molar refractivity (Wildman–Crippen MR) is 119 cm³/mol. The van der Waals surface area contributed by atoms with Gasteiger partial charge in [-0.3, -0.25) is 4.79 Å². The number of carbonyl (C=O) groups is 2. The van der Waals surface area contributed by atoms with Gasteiger partial charge in [-0.25, -0.2) is 14.5 Å². The molecule has 0 saturated carbocycles. The fourth-order valence-electron chi connectivity index (χ4n) is 4.10. The summed E-state index contributed by atoms with van der Waals surface area (Å²) in [7, 11) is 0. The third-order valence-corrected chi connectivity index (χ3v) is 5.69. The first-order valence-corrected chi connectivity index (χ1v) is 10.7. The van der Waals surface area contributed by atoms with Crippen molar-refractivity contribution in [3.8, 4) is 0 Å². The second-order valence-electron chi connectivity index (χ2n) is 8.69. The van der Waals surface area contributed by atoms with E-state index in [0.29, 0.717) is 16.6 Å². The van der Waals surface area contributed by atoms with Gasteiger partial charge in [0.15, 0.2) is 12.3 Å². The van der Waals surface area contributed by atoms with E-state index in [1.165, 1.54) is 0 Å². The van der Waals surface area contributed by atoms with Crippen molar-refractivity contribution in [2.45, 2.75) is 59.0 Å². The lowest BCUT2D eigenvalue weighted by atomic mass is 10.1. The van der Waals surface area contributed by atoms with Crippen molar-refractivity contribution < 1.29 is 14.3 Å². The topological polar surface area (TPSA) is 77.3 Å². The van der Waals surface area contributed by atoms with Gasteiger partial charge in [0.25, 0.3) is 5.91 Å². The fourth-order valence-corrected chi connectivity index (χ4v) is 4.10. The van der Waals surface area contributed by atoms with Crippen LogP contribution in [0.15, 0.2) is 36.5 Å². The molecule has 0 bridgehead atoms. The van der Waals surface area contributed by atoms with Crippen molar-refractivity contribution in [2.24, 2.45) is 0 Å². The minimum Gasteiger partial charge on any atom is -0.452 e. The van der Waals surface area contributed by atoms with Crippen LogP contribution in [0.1, 0.15) is 68.2 Å². The molecular formula is C24H28N4O3. The number of hydrogen-bond donors (Lipinski definition) is 0. The van der Waals surface area contributed by atoms with E-state index < -0.39 is 5.97 Å². The maximum atomic E-state index is 13.0. The maximum absolute atomic E-state index is 13.0. The summed E-state index contributed by atoms with van der Waals surface area (Å²) in [6, 6.07) is 9.73. The van der Waals surface area contributed by atoms with E-state index in [1.807, 2.05) is 58.9 Å². The summed E-state index contributed by atoms with van der Waals surface area (Å²) in [6.45, 7) is 9.77. The number of esters is 1. The number of carbonyl (C=O) groups excluding carboxylic acids is 2. The summed E-state index contributed by atoms with van der Waals surface area (Å²) >= 11 is 0. The Morgan fingerprint density at radius 1 is 1.19 bits per heavy atom. The molecular weight excluding hydrogens is 392 g/mol. The molecule has 1 aromatic carbocycles. The zero-order valence-electron chi connectivity index (χ0n) is 18.6. The first-order valence-electron chi connectivity index (χ1n) is 10.7. The maximum Gasteiger partial charge on any atom is 0.339 e. The van der Waals surface area contributed by atoms with Crippen LogP contribution in [-0.2, 0) is 16.0 Å². The summed E-state index contributed by atoms with van der Waals surface area (Å²) < 4.78 is 7.28. The molecule has 0 spiro atoms. The summed E-state index contributed by atoms with van der Waals surface area (Å²) in [6.07, 6.45) is 2.44. The average Bonchev–Trinajstić information content (AvgIpc) is 3.31. The van der Waals surface area contributed by atoms with Gasteiger partial charge in [-0.1, -0.05) is 32.0 Å². The highest BCUT2D eigenvalue weighted by Crippen LogP contribution is 2.32. The van der Waals surface area contributed by atoms with Crippen LogP contribution < -0.4 is 4.90 Å². The number of aromatic nitrogens is 3. The SMILES string of the molecule is CC(C)c1cc(C(=O)OCC(=O)N2c3ccccc3C[C@H]2C)c2cnn(C(C)C)c2n1. The molecule has 0 radical (unpaired) electrons. The molecule has 1 aliphatic rings. The highest BCUT2D eigenvalue weighted by atomic mass is 16.5. The van der Waals surface area contributed by atoms with Gasteiger partial charge < -0.3 is 9.64 Å². The molecule has 31 heavy (non-hydrogen) atoms. The van der Waals surface area contributed by atoms with Crippen molar-refractivity contribution in [1.82, 2.24) is 14.8 Å². The largest absolute Gasteiger partial charge is 0.452 e. The number of anilines is 1. The van der Waals surface area contributed by atoms with Gasteiger partial charge in [0.05, 0.1) is 17.1 Å². The summed E-state index contributed by atoms with van der Waals surface area (Å²) in [5.74, 6) is -0.626. The Morgan fingerprint density at radius 3 is 2.65 bits per heavy atom. The Labute approximate surface area is 182 Å². The third-order valence-electron chi connectivity index (χ3n) is 5.69. The van der Waals surface area contributed by atoms with E-state index in [-0.39, 0.29) is 30.5 Å². The number of para-hydroxylation sites is 1. The smallest absolute Gasteiger partial charge is 0.339 e. The molecule has 0 fully saturated rings. The molecule has 1 aliphatic heterocycles. The van der Waals surface area contributed by atoms with Gasteiger partial charge in [0, 0.05) is 23.5 Å². The molecule has 3 aromatic rings. The van der Waals surface area contributed by atoms with Crippen LogP contribution in [0.2, 0.25) is 0 Å². The van der Waals surface area contributed by atoms with E-state index in [0.717, 1.165) is 23.4 Å². The lowest BCUT2D eigenvalue weighted by molar-refractivity contribution is -0.122. The van der Waals surface area contributed by atoms with Crippen LogP contribution >= 0.6 is 0 Å². The number of benzene rings is 1. The van der Waals surface area contributed by atoms with Crippen molar-refractivity contribution in [1.29, 1.82) is 0 Å². The van der Waals surface area contributed by atoms with E-state index in [9.17, 15) is 9.59 Å². The lowest BCUT2D eigenvalue weighted by Gasteiger charge is -2.22. The summed E-state index contributed by atoms with van der Waals surface area (Å²) in [4.78, 5) is 32.3. The molecule has 0 N–H and O–H groups in total. The quantitative estimate of drug-likeness (QED) is 0.576. The van der Waals surface area contributed by atoms with Crippen molar-refractivity contribution >= 4 is 28.6 Å². The Kier molecular flexibility index (Phi) is 5.52. The molecule has 7 nitrogen and oxygen atoms in total. The predicted octanol–water partition coefficient (Wildman–Crippen LogP) is 4.27. The van der Waals surface area contributed by atoms with Gasteiger partial charge in [0.1, 0.15) is 0 Å². The van der Waals surface area contributed by atoms with Crippen molar-refractivity contribution in [2.75, 3.05) is 11.5 Å². The molecule has 0 unspecified atom stereocenters. The summed E-state index contributed by atoms with van der Waals surface area (Å²) in [5, 5.41) is 5.04. The van der Waals surface area contributed by atoms with Crippen molar-refractivity contribution in [3.63, 3.8) is 0 Å². The average molecular weight is 421 g/mol. The minimum atomic E-state index is -0.536. The van der Waals surface area contributed by atoms with Crippen LogP contribution in [-0.4, -0.2) is 39.3 Å². The van der Waals surface area contributed by atoms with Crippen molar-refractivity contribution in [3.05, 3.63) is 53.3 Å². The number of amides is 1. The monoisotopic (exact) mass is 420 g/mol. The Bertz CT molecular complexity index is 1150. The first-order chi connectivity index (χ1) is 14.8. The van der Waals surface area contributed by atoms with Crippen LogP contribution in [0.5, 0.6) is 0 Å². The molecule has 4 rings (SSSR count). The molecule has 7 heteroatoms. The minimum absolute atomic E-state index is 0.0352. The van der Waals surface area contributed by atoms with Crippen LogP contribution in [0, 0.1) is 0 Å². The third kappa shape index (κ3) is 3.80. The molecule has 162 valence electrons. The van der Waals surface area contributed by atoms with E-state index >= 15 is 0 Å². The van der Waals surface area contributed by atoms with E-state index in [1.54, 1.807) is 21.8 Å². The van der Waals surface area contributed by atoms with Gasteiger partial charge in [-0.2, -0.15) is 5.10 Å². The van der Waals surface area contributed by atoms with Gasteiger partial charge in [-0.05, 0) is 50.8 Å². The molecule has 0 saturated heterocycles. The van der Waals surface area contributed by atoms with Crippen LogP contribution in [0.4, 0.5) is 5.69 Å². The number of pyridine rings is 1. The van der Waals surface area contributed by atoms with Gasteiger partial charge in [0.2, 0.25) is 0 Å². The zero-order valence-corrected chi connectivity index (χ0v) is 18.6. The highest BCUT2D eigenvalue weighted by molar-refractivity contribution is 6.04.